The highest BCUT2D eigenvalue weighted by Crippen LogP contribution is 2.38. The molecule has 0 saturated heterocycles. The van der Waals surface area contributed by atoms with Crippen LogP contribution in [0, 0.1) is 11.3 Å². The molecule has 1 saturated carbocycles. The normalized spacial score (nSPS) is 22.0. The van der Waals surface area contributed by atoms with Gasteiger partial charge in [-0.1, -0.05) is 51.6 Å². The van der Waals surface area contributed by atoms with Crippen LogP contribution in [-0.4, -0.2) is 6.10 Å². The topological polar surface area (TPSA) is 9.23 Å². The maximum absolute atomic E-state index is 6.26. The fourth-order valence-electron chi connectivity index (χ4n) is 3.68. The molecule has 0 unspecified atom stereocenters. The van der Waals surface area contributed by atoms with E-state index in [1.807, 2.05) is 6.08 Å². The maximum Gasteiger partial charge on any atom is 0.120 e. The molecule has 1 aliphatic rings. The minimum atomic E-state index is 0.374. The van der Waals surface area contributed by atoms with E-state index in [0.717, 1.165) is 17.2 Å². The van der Waals surface area contributed by atoms with Crippen LogP contribution in [-0.2, 0) is 0 Å². The van der Waals surface area contributed by atoms with Crippen molar-refractivity contribution in [2.45, 2.75) is 52.6 Å². The molecule has 3 rings (SSSR count). The van der Waals surface area contributed by atoms with Gasteiger partial charge in [0.15, 0.2) is 0 Å². The Labute approximate surface area is 140 Å². The SMILES string of the molecule is C=Cc1ccc2cc(O[C@H]3CC[C@H](C(C)(C)C)CC3)ccc2c1. The van der Waals surface area contributed by atoms with Crippen molar-refractivity contribution in [2.75, 3.05) is 0 Å². The summed E-state index contributed by atoms with van der Waals surface area (Å²) in [6, 6.07) is 12.8. The second-order valence-electron chi connectivity index (χ2n) is 7.93. The van der Waals surface area contributed by atoms with E-state index < -0.39 is 0 Å². The molecule has 2 aromatic carbocycles. The minimum absolute atomic E-state index is 0.374. The number of ether oxygens (including phenoxy) is 1. The zero-order chi connectivity index (χ0) is 16.4. The van der Waals surface area contributed by atoms with E-state index in [0.29, 0.717) is 11.5 Å². The first-order chi connectivity index (χ1) is 11.0. The van der Waals surface area contributed by atoms with Gasteiger partial charge in [0.2, 0.25) is 0 Å². The number of hydrogen-bond acceptors (Lipinski definition) is 1. The molecule has 1 nitrogen and oxygen atoms in total. The lowest BCUT2D eigenvalue weighted by Gasteiger charge is -2.37. The highest BCUT2D eigenvalue weighted by Gasteiger charge is 2.30. The van der Waals surface area contributed by atoms with Crippen molar-refractivity contribution in [2.24, 2.45) is 11.3 Å². The predicted octanol–water partition coefficient (Wildman–Crippen LogP) is 6.47. The van der Waals surface area contributed by atoms with Gasteiger partial charge in [0.05, 0.1) is 6.10 Å². The van der Waals surface area contributed by atoms with Gasteiger partial charge >= 0.3 is 0 Å². The lowest BCUT2D eigenvalue weighted by Crippen LogP contribution is -2.30. The summed E-state index contributed by atoms with van der Waals surface area (Å²) >= 11 is 0. The Bertz CT molecular complexity index is 685. The third-order valence-electron chi connectivity index (χ3n) is 5.27. The second kappa shape index (κ2) is 6.39. The first kappa shape index (κ1) is 16.1. The van der Waals surface area contributed by atoms with Crippen LogP contribution in [0.2, 0.25) is 0 Å². The molecule has 0 atom stereocenters. The molecule has 0 aliphatic heterocycles. The second-order valence-corrected chi connectivity index (χ2v) is 7.93. The summed E-state index contributed by atoms with van der Waals surface area (Å²) in [5, 5.41) is 2.47. The monoisotopic (exact) mass is 308 g/mol. The van der Waals surface area contributed by atoms with E-state index in [1.54, 1.807) is 0 Å². The van der Waals surface area contributed by atoms with E-state index in [2.05, 4.69) is 63.7 Å². The standard InChI is InChI=1S/C22H28O/c1-5-16-6-7-18-15-21(11-8-17(18)14-16)23-20-12-9-19(10-13-20)22(2,3)4/h5-8,11,14-15,19-20H,1,9-10,12-13H2,2-4H3/t19-,20-. The van der Waals surface area contributed by atoms with Gasteiger partial charge in [-0.3, -0.25) is 0 Å². The lowest BCUT2D eigenvalue weighted by molar-refractivity contribution is 0.0883. The van der Waals surface area contributed by atoms with Crippen LogP contribution in [0.25, 0.3) is 16.8 Å². The Morgan fingerprint density at radius 2 is 1.61 bits per heavy atom. The van der Waals surface area contributed by atoms with Crippen molar-refractivity contribution in [1.82, 2.24) is 0 Å². The molecule has 0 N–H and O–H groups in total. The summed E-state index contributed by atoms with van der Waals surface area (Å²) in [5.41, 5.74) is 1.59. The molecule has 0 radical (unpaired) electrons. The van der Waals surface area contributed by atoms with E-state index >= 15 is 0 Å². The fourth-order valence-corrected chi connectivity index (χ4v) is 3.68. The molecule has 2 aromatic rings. The average Bonchev–Trinajstić information content (AvgIpc) is 2.54. The summed E-state index contributed by atoms with van der Waals surface area (Å²) in [5.74, 6) is 1.83. The van der Waals surface area contributed by atoms with Crippen LogP contribution in [0.3, 0.4) is 0 Å². The van der Waals surface area contributed by atoms with Gasteiger partial charge in [-0.2, -0.15) is 0 Å². The maximum atomic E-state index is 6.26. The van der Waals surface area contributed by atoms with Gasteiger partial charge in [0.25, 0.3) is 0 Å². The number of fused-ring (bicyclic) bond motifs is 1. The smallest absolute Gasteiger partial charge is 0.120 e. The van der Waals surface area contributed by atoms with E-state index in [4.69, 9.17) is 4.74 Å². The first-order valence-electron chi connectivity index (χ1n) is 8.78. The Balaban J connectivity index is 1.67. The fraction of sp³-hybridized carbons (Fsp3) is 0.455. The third kappa shape index (κ3) is 3.77. The summed E-state index contributed by atoms with van der Waals surface area (Å²) in [4.78, 5) is 0. The van der Waals surface area contributed by atoms with Crippen molar-refractivity contribution in [1.29, 1.82) is 0 Å². The molecular weight excluding hydrogens is 280 g/mol. The zero-order valence-corrected chi connectivity index (χ0v) is 14.6. The minimum Gasteiger partial charge on any atom is -0.490 e. The Morgan fingerprint density at radius 1 is 0.957 bits per heavy atom. The average molecular weight is 308 g/mol. The van der Waals surface area contributed by atoms with E-state index in [-0.39, 0.29) is 0 Å². The van der Waals surface area contributed by atoms with Crippen LogP contribution in [0.4, 0.5) is 0 Å². The van der Waals surface area contributed by atoms with Gasteiger partial charge < -0.3 is 4.74 Å². The molecule has 1 fully saturated rings. The predicted molar refractivity (Wildman–Crippen MR) is 99.9 cm³/mol. The number of hydrogen-bond donors (Lipinski definition) is 0. The Kier molecular flexibility index (Phi) is 4.48. The van der Waals surface area contributed by atoms with E-state index in [1.165, 1.54) is 36.5 Å². The van der Waals surface area contributed by atoms with Crippen molar-refractivity contribution >= 4 is 16.8 Å². The largest absolute Gasteiger partial charge is 0.490 e. The Hall–Kier alpha value is -1.76. The van der Waals surface area contributed by atoms with Crippen LogP contribution in [0.5, 0.6) is 5.75 Å². The molecule has 1 heteroatoms. The Morgan fingerprint density at radius 3 is 2.26 bits per heavy atom. The van der Waals surface area contributed by atoms with E-state index in [9.17, 15) is 0 Å². The van der Waals surface area contributed by atoms with Crippen molar-refractivity contribution in [3.63, 3.8) is 0 Å². The third-order valence-corrected chi connectivity index (χ3v) is 5.27. The molecule has 0 heterocycles. The highest BCUT2D eigenvalue weighted by atomic mass is 16.5. The van der Waals surface area contributed by atoms with Gasteiger partial charge in [-0.05, 0) is 71.6 Å². The lowest BCUT2D eigenvalue weighted by atomic mass is 9.72. The van der Waals surface area contributed by atoms with Crippen LogP contribution < -0.4 is 4.74 Å². The highest BCUT2D eigenvalue weighted by molar-refractivity contribution is 5.85. The molecule has 0 bridgehead atoms. The van der Waals surface area contributed by atoms with Gasteiger partial charge in [0, 0.05) is 0 Å². The molecule has 23 heavy (non-hydrogen) atoms. The molecule has 0 aromatic heterocycles. The summed E-state index contributed by atoms with van der Waals surface area (Å²) < 4.78 is 6.26. The number of rotatable bonds is 3. The first-order valence-corrected chi connectivity index (χ1v) is 8.78. The summed E-state index contributed by atoms with van der Waals surface area (Å²) in [6.07, 6.45) is 7.18. The van der Waals surface area contributed by atoms with Crippen molar-refractivity contribution in [3.05, 3.63) is 48.5 Å². The van der Waals surface area contributed by atoms with Gasteiger partial charge in [0.1, 0.15) is 5.75 Å². The molecule has 122 valence electrons. The molecule has 0 amide bonds. The van der Waals surface area contributed by atoms with Crippen LogP contribution in [0.15, 0.2) is 43.0 Å². The van der Waals surface area contributed by atoms with Gasteiger partial charge in [-0.15, -0.1) is 0 Å². The molecule has 0 spiro atoms. The number of benzene rings is 2. The van der Waals surface area contributed by atoms with Crippen molar-refractivity contribution in [3.8, 4) is 5.75 Å². The zero-order valence-electron chi connectivity index (χ0n) is 14.6. The molecule has 1 aliphatic carbocycles. The van der Waals surface area contributed by atoms with Crippen LogP contribution >= 0.6 is 0 Å². The summed E-state index contributed by atoms with van der Waals surface area (Å²) in [6.45, 7) is 10.9. The van der Waals surface area contributed by atoms with Gasteiger partial charge in [-0.25, -0.2) is 0 Å². The van der Waals surface area contributed by atoms with Crippen molar-refractivity contribution < 1.29 is 4.74 Å². The molecular formula is C22H28O. The van der Waals surface area contributed by atoms with Crippen LogP contribution in [0.1, 0.15) is 52.0 Å². The summed E-state index contributed by atoms with van der Waals surface area (Å²) in [7, 11) is 0. The quantitative estimate of drug-likeness (QED) is 0.631.